The van der Waals surface area contributed by atoms with Gasteiger partial charge in [-0.2, -0.15) is 0 Å². The highest BCUT2D eigenvalue weighted by molar-refractivity contribution is 5.02. The van der Waals surface area contributed by atoms with E-state index in [1.165, 1.54) is 64.5 Å². The minimum absolute atomic E-state index is 0.649. The van der Waals surface area contributed by atoms with Gasteiger partial charge in [0.1, 0.15) is 0 Å². The third-order valence-electron chi connectivity index (χ3n) is 4.01. The predicted octanol–water partition coefficient (Wildman–Crippen LogP) is 4.22. The Morgan fingerprint density at radius 1 is 0.867 bits per heavy atom. The van der Waals surface area contributed by atoms with Gasteiger partial charge in [-0.05, 0) is 32.4 Å². The Hall–Kier alpha value is -0.0400. The second-order valence-corrected chi connectivity index (χ2v) is 5.06. The van der Waals surface area contributed by atoms with Crippen molar-refractivity contribution in [2.24, 2.45) is 0 Å². The lowest BCUT2D eigenvalue weighted by Gasteiger charge is -2.29. The van der Waals surface area contributed by atoms with Crippen LogP contribution in [0.4, 0.5) is 0 Å². The summed E-state index contributed by atoms with van der Waals surface area (Å²) in [6.07, 6.45) is 11.5. The van der Waals surface area contributed by atoms with Gasteiger partial charge < -0.3 is 0 Å². The van der Waals surface area contributed by atoms with Crippen molar-refractivity contribution in [2.75, 3.05) is 13.1 Å². The molecule has 1 rings (SSSR count). The maximum atomic E-state index is 2.69. The lowest BCUT2D eigenvalue weighted by molar-refractivity contribution is 0.181. The fraction of sp³-hybridized carbons (Fsp3) is 1.00. The van der Waals surface area contributed by atoms with E-state index in [4.69, 9.17) is 0 Å². The summed E-state index contributed by atoms with van der Waals surface area (Å²) in [4.78, 5) is 2.69. The molecule has 1 heteroatoms. The predicted molar refractivity (Wildman–Crippen MR) is 68.3 cm³/mol. The van der Waals surface area contributed by atoms with Gasteiger partial charge in [-0.1, -0.05) is 52.9 Å². The summed E-state index contributed by atoms with van der Waals surface area (Å²) in [5.41, 5.74) is 0.649. The first-order valence-electron chi connectivity index (χ1n) is 7.04. The van der Waals surface area contributed by atoms with Gasteiger partial charge in [-0.15, -0.1) is 0 Å². The van der Waals surface area contributed by atoms with E-state index in [9.17, 15) is 0 Å². The first kappa shape index (κ1) is 13.0. The van der Waals surface area contributed by atoms with Gasteiger partial charge in [0.15, 0.2) is 0 Å². The molecule has 1 aliphatic rings. The Kier molecular flexibility index (Phi) is 5.66. The molecule has 0 heterocycles. The zero-order valence-corrected chi connectivity index (χ0v) is 11.0. The van der Waals surface area contributed by atoms with Crippen molar-refractivity contribution in [1.29, 1.82) is 0 Å². The van der Waals surface area contributed by atoms with Gasteiger partial charge >= 0.3 is 0 Å². The molecule has 0 bridgehead atoms. The molecule has 1 saturated carbocycles. The first-order valence-corrected chi connectivity index (χ1v) is 7.04. The van der Waals surface area contributed by atoms with Crippen LogP contribution >= 0.6 is 0 Å². The summed E-state index contributed by atoms with van der Waals surface area (Å²) in [5, 5.41) is 0. The van der Waals surface area contributed by atoms with Crippen LogP contribution in [-0.2, 0) is 0 Å². The average Bonchev–Trinajstić information content (AvgIpc) is 3.01. The molecule has 1 fully saturated rings. The van der Waals surface area contributed by atoms with E-state index in [0.29, 0.717) is 5.54 Å². The minimum Gasteiger partial charge on any atom is -0.298 e. The summed E-state index contributed by atoms with van der Waals surface area (Å²) < 4.78 is 0. The number of hydrogen-bond donors (Lipinski definition) is 0. The second kappa shape index (κ2) is 6.52. The molecule has 0 atom stereocenters. The first-order chi connectivity index (χ1) is 7.29. The van der Waals surface area contributed by atoms with Crippen molar-refractivity contribution in [1.82, 2.24) is 4.90 Å². The molecule has 0 saturated heterocycles. The second-order valence-electron chi connectivity index (χ2n) is 5.06. The normalized spacial score (nSPS) is 18.4. The zero-order chi connectivity index (χ0) is 11.1. The van der Waals surface area contributed by atoms with Crippen molar-refractivity contribution in [3.8, 4) is 0 Å². The zero-order valence-electron chi connectivity index (χ0n) is 11.0. The molecular formula is C14H29N. The van der Waals surface area contributed by atoms with Gasteiger partial charge in [0.05, 0.1) is 0 Å². The fourth-order valence-electron chi connectivity index (χ4n) is 2.82. The third-order valence-corrected chi connectivity index (χ3v) is 4.01. The summed E-state index contributed by atoms with van der Waals surface area (Å²) >= 11 is 0. The fourth-order valence-corrected chi connectivity index (χ4v) is 2.82. The topological polar surface area (TPSA) is 3.24 Å². The molecule has 0 aliphatic heterocycles. The van der Waals surface area contributed by atoms with E-state index < -0.39 is 0 Å². The highest BCUT2D eigenvalue weighted by Gasteiger charge is 2.45. The van der Waals surface area contributed by atoms with Crippen LogP contribution in [0.2, 0.25) is 0 Å². The van der Waals surface area contributed by atoms with E-state index in [1.54, 1.807) is 0 Å². The Bertz CT molecular complexity index is 157. The minimum atomic E-state index is 0.649. The Labute approximate surface area is 96.2 Å². The van der Waals surface area contributed by atoms with E-state index in [0.717, 1.165) is 0 Å². The van der Waals surface area contributed by atoms with E-state index in [2.05, 4.69) is 25.7 Å². The Morgan fingerprint density at radius 3 is 1.93 bits per heavy atom. The number of rotatable bonds is 9. The monoisotopic (exact) mass is 211 g/mol. The van der Waals surface area contributed by atoms with Crippen molar-refractivity contribution < 1.29 is 0 Å². The van der Waals surface area contributed by atoms with Crippen molar-refractivity contribution in [3.05, 3.63) is 0 Å². The maximum absolute atomic E-state index is 2.69. The molecule has 0 aromatic rings. The molecule has 0 unspecified atom stereocenters. The maximum Gasteiger partial charge on any atom is 0.0210 e. The quantitative estimate of drug-likeness (QED) is 0.516. The largest absolute Gasteiger partial charge is 0.298 e. The average molecular weight is 211 g/mol. The molecule has 0 N–H and O–H groups in total. The van der Waals surface area contributed by atoms with Crippen LogP contribution in [0.25, 0.3) is 0 Å². The van der Waals surface area contributed by atoms with Gasteiger partial charge in [0, 0.05) is 5.54 Å². The lowest BCUT2D eigenvalue weighted by Crippen LogP contribution is -2.36. The van der Waals surface area contributed by atoms with Crippen molar-refractivity contribution in [2.45, 2.75) is 77.7 Å². The summed E-state index contributed by atoms with van der Waals surface area (Å²) in [7, 11) is 0. The van der Waals surface area contributed by atoms with Crippen LogP contribution in [0, 0.1) is 0 Å². The molecule has 1 aliphatic carbocycles. The standard InChI is InChI=1S/C14H29N/c1-4-7-8-9-10-11-14(12-13-14)15(5-2)6-3/h4-13H2,1-3H3. The molecule has 0 radical (unpaired) electrons. The number of nitrogens with zero attached hydrogens (tertiary/aromatic N) is 1. The summed E-state index contributed by atoms with van der Waals surface area (Å²) in [6.45, 7) is 9.39. The van der Waals surface area contributed by atoms with E-state index >= 15 is 0 Å². The molecule has 0 aromatic heterocycles. The smallest absolute Gasteiger partial charge is 0.0210 e. The van der Waals surface area contributed by atoms with Gasteiger partial charge in [-0.25, -0.2) is 0 Å². The van der Waals surface area contributed by atoms with E-state index in [1.807, 2.05) is 0 Å². The summed E-state index contributed by atoms with van der Waals surface area (Å²) in [5.74, 6) is 0. The molecule has 1 nitrogen and oxygen atoms in total. The van der Waals surface area contributed by atoms with Crippen molar-refractivity contribution in [3.63, 3.8) is 0 Å². The molecule has 15 heavy (non-hydrogen) atoms. The molecule has 0 amide bonds. The van der Waals surface area contributed by atoms with Crippen LogP contribution in [0.1, 0.15) is 72.1 Å². The Morgan fingerprint density at radius 2 is 1.47 bits per heavy atom. The molecule has 0 aromatic carbocycles. The SMILES string of the molecule is CCCCCCCC1(N(CC)CC)CC1. The summed E-state index contributed by atoms with van der Waals surface area (Å²) in [6, 6.07) is 0. The van der Waals surface area contributed by atoms with Crippen LogP contribution in [-0.4, -0.2) is 23.5 Å². The van der Waals surface area contributed by atoms with Crippen molar-refractivity contribution >= 4 is 0 Å². The van der Waals surface area contributed by atoms with Crippen LogP contribution in [0.15, 0.2) is 0 Å². The van der Waals surface area contributed by atoms with Crippen LogP contribution in [0.3, 0.4) is 0 Å². The molecule has 90 valence electrons. The van der Waals surface area contributed by atoms with Gasteiger partial charge in [-0.3, -0.25) is 4.90 Å². The van der Waals surface area contributed by atoms with Crippen LogP contribution in [0.5, 0.6) is 0 Å². The molecular weight excluding hydrogens is 182 g/mol. The molecule has 0 spiro atoms. The van der Waals surface area contributed by atoms with E-state index in [-0.39, 0.29) is 0 Å². The highest BCUT2D eigenvalue weighted by atomic mass is 15.2. The Balaban J connectivity index is 2.14. The highest BCUT2D eigenvalue weighted by Crippen LogP contribution is 2.45. The lowest BCUT2D eigenvalue weighted by atomic mass is 10.0. The third kappa shape index (κ3) is 3.79. The van der Waals surface area contributed by atoms with Gasteiger partial charge in [0.25, 0.3) is 0 Å². The number of hydrogen-bond acceptors (Lipinski definition) is 1. The number of unbranched alkanes of at least 4 members (excludes halogenated alkanes) is 4. The van der Waals surface area contributed by atoms with Gasteiger partial charge in [0.2, 0.25) is 0 Å². The van der Waals surface area contributed by atoms with Crippen LogP contribution < -0.4 is 0 Å².